The maximum absolute atomic E-state index is 13.2. The summed E-state index contributed by atoms with van der Waals surface area (Å²) >= 11 is 6.09. The van der Waals surface area contributed by atoms with Crippen molar-refractivity contribution in [1.29, 1.82) is 5.26 Å². The molecular weight excluding hydrogens is 433 g/mol. The minimum absolute atomic E-state index is 0.139. The number of carbonyl (C=O) groups excluding carboxylic acids is 1. The largest absolute Gasteiger partial charge is 0.483 e. The lowest BCUT2D eigenvalue weighted by Gasteiger charge is -2.37. The van der Waals surface area contributed by atoms with Crippen molar-refractivity contribution in [3.8, 4) is 23.1 Å². The van der Waals surface area contributed by atoms with Crippen LogP contribution in [0.1, 0.15) is 18.4 Å². The van der Waals surface area contributed by atoms with Gasteiger partial charge in [0.15, 0.2) is 12.4 Å². The summed E-state index contributed by atoms with van der Waals surface area (Å²) in [7, 11) is 0. The van der Waals surface area contributed by atoms with Gasteiger partial charge in [0.2, 0.25) is 0 Å². The molecule has 2 aromatic carbocycles. The summed E-state index contributed by atoms with van der Waals surface area (Å²) < 4.78 is 24.1. The third-order valence-corrected chi connectivity index (χ3v) is 6.00. The van der Waals surface area contributed by atoms with E-state index in [9.17, 15) is 14.4 Å². The van der Waals surface area contributed by atoms with Crippen molar-refractivity contribution in [1.82, 2.24) is 10.1 Å². The minimum Gasteiger partial charge on any atom is -0.483 e. The van der Waals surface area contributed by atoms with Crippen LogP contribution in [0.4, 0.5) is 4.39 Å². The fourth-order valence-corrected chi connectivity index (χ4v) is 4.08. The molecule has 0 aliphatic carbocycles. The van der Waals surface area contributed by atoms with Gasteiger partial charge in [-0.15, -0.1) is 0 Å². The Bertz CT molecular complexity index is 1120. The van der Waals surface area contributed by atoms with Crippen LogP contribution in [0, 0.1) is 22.6 Å². The highest BCUT2D eigenvalue weighted by Crippen LogP contribution is 2.35. The van der Waals surface area contributed by atoms with Gasteiger partial charge in [0, 0.05) is 24.2 Å². The van der Waals surface area contributed by atoms with Crippen molar-refractivity contribution < 1.29 is 18.4 Å². The predicted molar refractivity (Wildman–Crippen MR) is 116 cm³/mol. The number of aromatic nitrogens is 1. The van der Waals surface area contributed by atoms with Crippen LogP contribution < -0.4 is 4.74 Å². The van der Waals surface area contributed by atoms with Gasteiger partial charge in [0.25, 0.3) is 5.91 Å². The Hall–Kier alpha value is -3.37. The van der Waals surface area contributed by atoms with E-state index in [1.165, 1.54) is 18.3 Å². The molecule has 32 heavy (non-hydrogen) atoms. The molecule has 6 nitrogen and oxygen atoms in total. The number of hydrogen-bond acceptors (Lipinski definition) is 5. The molecule has 164 valence electrons. The lowest BCUT2D eigenvalue weighted by Crippen LogP contribution is -2.45. The van der Waals surface area contributed by atoms with Crippen LogP contribution in [0.2, 0.25) is 5.02 Å². The highest BCUT2D eigenvalue weighted by molar-refractivity contribution is 6.30. The quantitative estimate of drug-likeness (QED) is 0.531. The Labute approximate surface area is 190 Å². The third kappa shape index (κ3) is 4.92. The number of nitrogens with zero attached hydrogens (tertiary/aromatic N) is 3. The molecule has 0 atom stereocenters. The number of halogens is 2. The van der Waals surface area contributed by atoms with Crippen LogP contribution in [0.15, 0.2) is 59.3 Å². The molecule has 0 radical (unpaired) electrons. The summed E-state index contributed by atoms with van der Waals surface area (Å²) in [5.41, 5.74) is 0.966. The van der Waals surface area contributed by atoms with Gasteiger partial charge in [-0.3, -0.25) is 4.79 Å². The molecule has 0 saturated carbocycles. The Morgan fingerprint density at radius 3 is 2.62 bits per heavy atom. The number of amides is 1. The molecule has 1 aromatic heterocycles. The highest BCUT2D eigenvalue weighted by atomic mass is 35.5. The Kier molecular flexibility index (Phi) is 6.42. The molecule has 1 aliphatic rings. The smallest absolute Gasteiger partial charge is 0.260 e. The number of nitriles is 1. The number of benzene rings is 2. The standard InChI is InChI=1S/C24H21ClFN3O3/c25-18-3-6-21(20(13-18)22-7-10-28-32-22)31-15-23(30)29-11-8-24(16-27,9-12-29)14-17-1-4-19(26)5-2-17/h1-7,10,13H,8-9,11-12,14-15H2. The average Bonchev–Trinajstić information content (AvgIpc) is 3.35. The Balaban J connectivity index is 1.36. The first-order valence-electron chi connectivity index (χ1n) is 10.2. The van der Waals surface area contributed by atoms with E-state index in [2.05, 4.69) is 11.2 Å². The summed E-state index contributed by atoms with van der Waals surface area (Å²) in [4.78, 5) is 14.5. The van der Waals surface area contributed by atoms with E-state index in [1.54, 1.807) is 41.3 Å². The van der Waals surface area contributed by atoms with Crippen molar-refractivity contribution >= 4 is 17.5 Å². The lowest BCUT2D eigenvalue weighted by molar-refractivity contribution is -0.135. The summed E-state index contributed by atoms with van der Waals surface area (Å²) in [6.45, 7) is 0.791. The van der Waals surface area contributed by atoms with Gasteiger partial charge in [-0.25, -0.2) is 4.39 Å². The summed E-state index contributed by atoms with van der Waals surface area (Å²) in [5, 5.41) is 14.0. The molecule has 0 spiro atoms. The predicted octanol–water partition coefficient (Wildman–Crippen LogP) is 4.89. The van der Waals surface area contributed by atoms with Gasteiger partial charge in [0.1, 0.15) is 11.6 Å². The Morgan fingerprint density at radius 2 is 1.97 bits per heavy atom. The molecule has 0 bridgehead atoms. The van der Waals surface area contributed by atoms with Crippen molar-refractivity contribution in [2.75, 3.05) is 19.7 Å². The SMILES string of the molecule is N#CC1(Cc2ccc(F)cc2)CCN(C(=O)COc2ccc(Cl)cc2-c2ccno2)CC1. The van der Waals surface area contributed by atoms with E-state index in [0.717, 1.165) is 5.56 Å². The molecule has 1 aliphatic heterocycles. The molecule has 1 saturated heterocycles. The van der Waals surface area contributed by atoms with Crippen LogP contribution in [0.25, 0.3) is 11.3 Å². The van der Waals surface area contributed by atoms with E-state index in [1.807, 2.05) is 0 Å². The molecule has 8 heteroatoms. The summed E-state index contributed by atoms with van der Waals surface area (Å²) in [5.74, 6) is 0.510. The summed E-state index contributed by atoms with van der Waals surface area (Å²) in [6, 6.07) is 15.4. The first-order chi connectivity index (χ1) is 15.5. The second-order valence-electron chi connectivity index (χ2n) is 7.88. The van der Waals surface area contributed by atoms with Crippen LogP contribution in [0.5, 0.6) is 5.75 Å². The second-order valence-corrected chi connectivity index (χ2v) is 8.32. The van der Waals surface area contributed by atoms with Gasteiger partial charge in [-0.05, 0) is 55.2 Å². The van der Waals surface area contributed by atoms with Crippen LogP contribution in [0.3, 0.4) is 0 Å². The minimum atomic E-state index is -0.564. The van der Waals surface area contributed by atoms with Gasteiger partial charge in [-0.2, -0.15) is 5.26 Å². The van der Waals surface area contributed by atoms with Crippen molar-refractivity contribution in [2.45, 2.75) is 19.3 Å². The van der Waals surface area contributed by atoms with Crippen LogP contribution in [-0.2, 0) is 11.2 Å². The monoisotopic (exact) mass is 453 g/mol. The van der Waals surface area contributed by atoms with Gasteiger partial charge in [-0.1, -0.05) is 28.9 Å². The molecule has 4 rings (SSSR count). The first kappa shape index (κ1) is 21.8. The number of carbonyl (C=O) groups is 1. The molecule has 0 unspecified atom stereocenters. The topological polar surface area (TPSA) is 79.4 Å². The van der Waals surface area contributed by atoms with E-state index in [-0.39, 0.29) is 18.3 Å². The zero-order chi connectivity index (χ0) is 22.6. The van der Waals surface area contributed by atoms with Crippen LogP contribution in [-0.4, -0.2) is 35.7 Å². The lowest BCUT2D eigenvalue weighted by atomic mass is 9.75. The molecule has 1 fully saturated rings. The van der Waals surface area contributed by atoms with Crippen LogP contribution >= 0.6 is 11.6 Å². The van der Waals surface area contributed by atoms with Gasteiger partial charge >= 0.3 is 0 Å². The van der Waals surface area contributed by atoms with E-state index < -0.39 is 5.41 Å². The normalized spacial score (nSPS) is 15.2. The molecule has 1 amide bonds. The zero-order valence-corrected chi connectivity index (χ0v) is 18.0. The third-order valence-electron chi connectivity index (χ3n) is 5.76. The summed E-state index contributed by atoms with van der Waals surface area (Å²) in [6.07, 6.45) is 3.16. The maximum Gasteiger partial charge on any atom is 0.260 e. The van der Waals surface area contributed by atoms with Gasteiger partial charge < -0.3 is 14.2 Å². The molecule has 0 N–H and O–H groups in total. The van der Waals surface area contributed by atoms with E-state index in [0.29, 0.717) is 54.4 Å². The molecule has 2 heterocycles. The number of ether oxygens (including phenoxy) is 1. The maximum atomic E-state index is 13.2. The average molecular weight is 454 g/mol. The fraction of sp³-hybridized carbons (Fsp3) is 0.292. The number of piperidine rings is 1. The fourth-order valence-electron chi connectivity index (χ4n) is 3.91. The van der Waals surface area contributed by atoms with Crippen molar-refractivity contribution in [3.05, 3.63) is 71.1 Å². The van der Waals surface area contributed by atoms with E-state index >= 15 is 0 Å². The van der Waals surface area contributed by atoms with E-state index in [4.69, 9.17) is 20.9 Å². The molecular formula is C24H21ClFN3O3. The number of hydrogen-bond donors (Lipinski definition) is 0. The second kappa shape index (κ2) is 9.41. The number of rotatable bonds is 6. The number of likely N-dealkylation sites (tertiary alicyclic amines) is 1. The van der Waals surface area contributed by atoms with Crippen molar-refractivity contribution in [2.24, 2.45) is 5.41 Å². The Morgan fingerprint density at radius 1 is 1.22 bits per heavy atom. The highest BCUT2D eigenvalue weighted by Gasteiger charge is 2.36. The van der Waals surface area contributed by atoms with Gasteiger partial charge in [0.05, 0.1) is 23.2 Å². The van der Waals surface area contributed by atoms with Crippen molar-refractivity contribution in [3.63, 3.8) is 0 Å². The molecule has 3 aromatic rings. The zero-order valence-electron chi connectivity index (χ0n) is 17.3. The first-order valence-corrected chi connectivity index (χ1v) is 10.6.